The third-order valence-electron chi connectivity index (χ3n) is 9.46. The fraction of sp³-hybridized carbons (Fsp3) is 0.778. The molecule has 0 amide bonds. The van der Waals surface area contributed by atoms with E-state index in [9.17, 15) is 0 Å². The van der Waals surface area contributed by atoms with E-state index < -0.39 is 0 Å². The summed E-state index contributed by atoms with van der Waals surface area (Å²) in [6, 6.07) is 0. The van der Waals surface area contributed by atoms with Crippen LogP contribution in [0.3, 0.4) is 0 Å². The first-order chi connectivity index (χ1) is 12.9. The van der Waals surface area contributed by atoms with Crippen molar-refractivity contribution in [3.05, 3.63) is 36.0 Å². The first kappa shape index (κ1) is 19.5. The van der Waals surface area contributed by atoms with Crippen LogP contribution in [0.4, 0.5) is 0 Å². The number of rotatable bonds is 5. The molecule has 0 bridgehead atoms. The van der Waals surface area contributed by atoms with Crippen LogP contribution in [0.2, 0.25) is 0 Å². The lowest BCUT2D eigenvalue weighted by Crippen LogP contribution is -2.48. The van der Waals surface area contributed by atoms with E-state index in [1.54, 1.807) is 5.57 Å². The maximum Gasteiger partial charge on any atom is -0.000690 e. The fourth-order valence-electron chi connectivity index (χ4n) is 7.85. The summed E-state index contributed by atoms with van der Waals surface area (Å²) in [5, 5.41) is 0. The van der Waals surface area contributed by atoms with Crippen LogP contribution in [0.5, 0.6) is 0 Å². The van der Waals surface area contributed by atoms with Crippen LogP contribution >= 0.6 is 0 Å². The van der Waals surface area contributed by atoms with Gasteiger partial charge in [-0.3, -0.25) is 0 Å². The van der Waals surface area contributed by atoms with Gasteiger partial charge in [-0.25, -0.2) is 0 Å². The molecule has 150 valence electrons. The lowest BCUT2D eigenvalue weighted by Gasteiger charge is -2.56. The molecular weight excluding hydrogens is 324 g/mol. The normalized spacial score (nSPS) is 43.9. The molecule has 0 aromatic rings. The summed E-state index contributed by atoms with van der Waals surface area (Å²) >= 11 is 0. The molecule has 4 rings (SSSR count). The van der Waals surface area contributed by atoms with Gasteiger partial charge in [0.1, 0.15) is 0 Å². The highest BCUT2D eigenvalue weighted by Gasteiger charge is 2.57. The molecule has 2 saturated carbocycles. The topological polar surface area (TPSA) is 0 Å². The quantitative estimate of drug-likeness (QED) is 0.463. The Kier molecular flexibility index (Phi) is 5.23. The van der Waals surface area contributed by atoms with Crippen LogP contribution < -0.4 is 0 Å². The van der Waals surface area contributed by atoms with Gasteiger partial charge in [0, 0.05) is 0 Å². The third-order valence-corrected chi connectivity index (χ3v) is 9.46. The van der Waals surface area contributed by atoms with Gasteiger partial charge in [-0.15, -0.1) is 0 Å². The summed E-state index contributed by atoms with van der Waals surface area (Å²) in [7, 11) is 0. The molecule has 0 aromatic carbocycles. The van der Waals surface area contributed by atoms with Crippen molar-refractivity contribution in [2.24, 2.45) is 46.3 Å². The predicted octanol–water partition coefficient (Wildman–Crippen LogP) is 7.97. The van der Waals surface area contributed by atoms with Crippen LogP contribution in [-0.4, -0.2) is 0 Å². The van der Waals surface area contributed by atoms with Gasteiger partial charge in [0.2, 0.25) is 0 Å². The summed E-state index contributed by atoms with van der Waals surface area (Å²) < 4.78 is 0. The number of hydrogen-bond acceptors (Lipinski definition) is 0. The van der Waals surface area contributed by atoms with E-state index >= 15 is 0 Å². The second-order valence-electron chi connectivity index (χ2n) is 11.4. The number of fused-ring (bicyclic) bond motifs is 5. The lowest BCUT2D eigenvalue weighted by molar-refractivity contribution is -0.0222. The van der Waals surface area contributed by atoms with Crippen molar-refractivity contribution in [2.45, 2.75) is 86.0 Å². The standard InChI is InChI=1S/C27H42/c1-19(2)9-8-10-20(3)23-14-15-24-22-13-12-21-11-6-7-17-26(21,4)25(22)16-18-27(23,24)5/h6-7,11-13,19-20,22-25H,8-10,14-18H2,1-5H3/t20-,22-,23+,24-,25-,26-,27+/m0/s1. The summed E-state index contributed by atoms with van der Waals surface area (Å²) in [6.45, 7) is 12.6. The average Bonchev–Trinajstić information content (AvgIpc) is 2.98. The Morgan fingerprint density at radius 2 is 1.85 bits per heavy atom. The minimum Gasteiger partial charge on any atom is -0.0836 e. The molecule has 4 aliphatic carbocycles. The van der Waals surface area contributed by atoms with Gasteiger partial charge < -0.3 is 0 Å². The fourth-order valence-corrected chi connectivity index (χ4v) is 7.85. The predicted molar refractivity (Wildman–Crippen MR) is 117 cm³/mol. The maximum atomic E-state index is 2.69. The zero-order valence-electron chi connectivity index (χ0n) is 18.5. The van der Waals surface area contributed by atoms with Crippen molar-refractivity contribution >= 4 is 0 Å². The molecule has 0 aromatic heterocycles. The van der Waals surface area contributed by atoms with E-state index in [1.807, 2.05) is 0 Å². The lowest BCUT2D eigenvalue weighted by atomic mass is 9.48. The van der Waals surface area contributed by atoms with Crippen molar-refractivity contribution in [3.63, 3.8) is 0 Å². The Hall–Kier alpha value is -0.780. The minimum atomic E-state index is 0.399. The van der Waals surface area contributed by atoms with Gasteiger partial charge in [0.25, 0.3) is 0 Å². The van der Waals surface area contributed by atoms with Crippen molar-refractivity contribution in [1.29, 1.82) is 0 Å². The SMILES string of the molecule is CC(C)CCC[C@H](C)[C@H]1CC[C@H]2[C@@H]3C=CC4=CC=CC[C@]4(C)[C@H]3CC[C@]12C. The van der Waals surface area contributed by atoms with Crippen molar-refractivity contribution in [1.82, 2.24) is 0 Å². The molecule has 0 saturated heterocycles. The van der Waals surface area contributed by atoms with E-state index in [4.69, 9.17) is 0 Å². The number of allylic oxidation sites excluding steroid dienone is 6. The largest absolute Gasteiger partial charge is 0.0836 e. The van der Waals surface area contributed by atoms with Crippen LogP contribution in [0.25, 0.3) is 0 Å². The van der Waals surface area contributed by atoms with Crippen molar-refractivity contribution in [3.8, 4) is 0 Å². The first-order valence-electron chi connectivity index (χ1n) is 11.9. The Labute approximate surface area is 168 Å². The average molecular weight is 367 g/mol. The van der Waals surface area contributed by atoms with Crippen LogP contribution in [0.1, 0.15) is 86.0 Å². The molecule has 27 heavy (non-hydrogen) atoms. The highest BCUT2D eigenvalue weighted by atomic mass is 14.6. The summed E-state index contributed by atoms with van der Waals surface area (Å²) in [5.74, 6) is 5.34. The van der Waals surface area contributed by atoms with Gasteiger partial charge in [-0.2, -0.15) is 0 Å². The highest BCUT2D eigenvalue weighted by molar-refractivity contribution is 5.39. The third kappa shape index (κ3) is 3.20. The molecular formula is C27H42. The Morgan fingerprint density at radius 3 is 2.63 bits per heavy atom. The molecule has 0 unspecified atom stereocenters. The van der Waals surface area contributed by atoms with E-state index in [1.165, 1.54) is 51.4 Å². The smallest absolute Gasteiger partial charge is 0.000690 e. The van der Waals surface area contributed by atoms with E-state index in [2.05, 4.69) is 65.0 Å². The second kappa shape index (κ2) is 7.23. The monoisotopic (exact) mass is 366 g/mol. The molecule has 0 nitrogen and oxygen atoms in total. The molecule has 7 atom stereocenters. The van der Waals surface area contributed by atoms with Crippen LogP contribution in [-0.2, 0) is 0 Å². The number of hydrogen-bond donors (Lipinski definition) is 0. The molecule has 4 aliphatic rings. The molecule has 0 N–H and O–H groups in total. The Bertz CT molecular complexity index is 634. The zero-order chi connectivity index (χ0) is 19.2. The van der Waals surface area contributed by atoms with Gasteiger partial charge in [-0.05, 0) is 84.0 Å². The highest BCUT2D eigenvalue weighted by Crippen LogP contribution is 2.66. The Morgan fingerprint density at radius 1 is 1.04 bits per heavy atom. The van der Waals surface area contributed by atoms with Gasteiger partial charge in [0.05, 0.1) is 0 Å². The first-order valence-corrected chi connectivity index (χ1v) is 11.9. The second-order valence-corrected chi connectivity index (χ2v) is 11.4. The molecule has 0 spiro atoms. The van der Waals surface area contributed by atoms with Crippen LogP contribution in [0, 0.1) is 46.3 Å². The van der Waals surface area contributed by atoms with E-state index in [0.29, 0.717) is 10.8 Å². The van der Waals surface area contributed by atoms with E-state index in [-0.39, 0.29) is 0 Å². The molecule has 2 fully saturated rings. The van der Waals surface area contributed by atoms with Crippen molar-refractivity contribution < 1.29 is 0 Å². The minimum absolute atomic E-state index is 0.399. The molecule has 0 heterocycles. The van der Waals surface area contributed by atoms with Gasteiger partial charge in [-0.1, -0.05) is 84.3 Å². The zero-order valence-corrected chi connectivity index (χ0v) is 18.5. The molecule has 0 aliphatic heterocycles. The Balaban J connectivity index is 1.51. The van der Waals surface area contributed by atoms with Crippen LogP contribution in [0.15, 0.2) is 36.0 Å². The molecule has 0 radical (unpaired) electrons. The summed E-state index contributed by atoms with van der Waals surface area (Å²) in [6.07, 6.45) is 23.7. The van der Waals surface area contributed by atoms with Crippen molar-refractivity contribution in [2.75, 3.05) is 0 Å². The van der Waals surface area contributed by atoms with Gasteiger partial charge in [0.15, 0.2) is 0 Å². The molecule has 0 heteroatoms. The van der Waals surface area contributed by atoms with E-state index in [0.717, 1.165) is 35.5 Å². The summed E-state index contributed by atoms with van der Waals surface area (Å²) in [5.41, 5.74) is 2.59. The summed E-state index contributed by atoms with van der Waals surface area (Å²) in [4.78, 5) is 0. The maximum absolute atomic E-state index is 2.69. The van der Waals surface area contributed by atoms with Gasteiger partial charge >= 0.3 is 0 Å².